The van der Waals surface area contributed by atoms with Gasteiger partial charge in [-0.1, -0.05) is 51.1 Å². The summed E-state index contributed by atoms with van der Waals surface area (Å²) in [7, 11) is 0. The van der Waals surface area contributed by atoms with Gasteiger partial charge in [-0.2, -0.15) is 0 Å². The molecule has 0 aromatic heterocycles. The highest BCUT2D eigenvalue weighted by Crippen LogP contribution is 2.69. The average molecular weight is 543 g/mol. The Morgan fingerprint density at radius 2 is 1.55 bits per heavy atom. The highest BCUT2D eigenvalue weighted by Gasteiger charge is 2.60. The Balaban J connectivity index is 1.23. The van der Waals surface area contributed by atoms with Crippen LogP contribution in [0.1, 0.15) is 122 Å². The van der Waals surface area contributed by atoms with Gasteiger partial charge in [0.05, 0.1) is 5.56 Å². The molecule has 9 atom stereocenters. The average Bonchev–Trinajstić information content (AvgIpc) is 3.32. The van der Waals surface area contributed by atoms with Gasteiger partial charge >= 0.3 is 5.97 Å². The number of hydrogen-bond donors (Lipinski definition) is 0. The standard InChI is InChI=1S/C38H54O2/c1-23(2)27-14-13-25-21-22-38(8)32-20-19-31-28(29(32)16-18-33(38)34(25)27)15-17-30(37(31,6)7)24-9-11-26(12-10-24)35(39)40-36(3,4)5/h9-12,17,25,27-29,31-34H,1,13-16,18-22H2,2-8H3/t25?,27-,28?,29+,31+,32?,33?,34+,38-/m0/s1. The van der Waals surface area contributed by atoms with E-state index >= 15 is 0 Å². The highest BCUT2D eigenvalue weighted by molar-refractivity contribution is 5.90. The molecule has 0 amide bonds. The molecule has 1 aromatic carbocycles. The van der Waals surface area contributed by atoms with Gasteiger partial charge in [0.1, 0.15) is 5.60 Å². The van der Waals surface area contributed by atoms with Crippen molar-refractivity contribution in [2.45, 2.75) is 112 Å². The van der Waals surface area contributed by atoms with Gasteiger partial charge in [-0.15, -0.1) is 0 Å². The van der Waals surface area contributed by atoms with E-state index in [2.05, 4.69) is 52.5 Å². The maximum atomic E-state index is 12.6. The molecule has 1 aromatic rings. The van der Waals surface area contributed by atoms with Crippen molar-refractivity contribution >= 4 is 11.5 Å². The predicted molar refractivity (Wildman–Crippen MR) is 166 cm³/mol. The minimum Gasteiger partial charge on any atom is -0.456 e. The fourth-order valence-corrected chi connectivity index (χ4v) is 11.3. The molecular formula is C38H54O2. The second kappa shape index (κ2) is 9.88. The van der Waals surface area contributed by atoms with Gasteiger partial charge in [0.2, 0.25) is 0 Å². The van der Waals surface area contributed by atoms with Crippen LogP contribution in [0.25, 0.3) is 5.57 Å². The summed E-state index contributed by atoms with van der Waals surface area (Å²) >= 11 is 0. The van der Waals surface area contributed by atoms with Gasteiger partial charge in [0.25, 0.3) is 0 Å². The first-order valence-electron chi connectivity index (χ1n) is 16.5. The Morgan fingerprint density at radius 3 is 2.23 bits per heavy atom. The number of carbonyl (C=O) groups is 1. The Bertz CT molecular complexity index is 1180. The van der Waals surface area contributed by atoms with Gasteiger partial charge in [-0.3, -0.25) is 0 Å². The van der Waals surface area contributed by atoms with Crippen molar-refractivity contribution in [1.29, 1.82) is 0 Å². The minimum atomic E-state index is -0.476. The van der Waals surface area contributed by atoms with Crippen LogP contribution in [0.3, 0.4) is 0 Å². The summed E-state index contributed by atoms with van der Waals surface area (Å²) < 4.78 is 5.60. The van der Waals surface area contributed by atoms with Crippen molar-refractivity contribution in [1.82, 2.24) is 0 Å². The molecule has 5 aliphatic carbocycles. The van der Waals surface area contributed by atoms with Crippen molar-refractivity contribution in [2.75, 3.05) is 0 Å². The van der Waals surface area contributed by atoms with Crippen molar-refractivity contribution in [3.63, 3.8) is 0 Å². The molecule has 4 fully saturated rings. The van der Waals surface area contributed by atoms with Gasteiger partial charge in [-0.25, -0.2) is 4.79 Å². The summed E-state index contributed by atoms with van der Waals surface area (Å²) in [6, 6.07) is 8.23. The van der Waals surface area contributed by atoms with E-state index in [9.17, 15) is 4.79 Å². The van der Waals surface area contributed by atoms with Gasteiger partial charge in [0.15, 0.2) is 0 Å². The first kappa shape index (κ1) is 28.3. The Hall–Kier alpha value is -1.83. The topological polar surface area (TPSA) is 26.3 Å². The van der Waals surface area contributed by atoms with Crippen LogP contribution in [0.4, 0.5) is 0 Å². The van der Waals surface area contributed by atoms with E-state index < -0.39 is 5.60 Å². The molecule has 0 radical (unpaired) electrons. The third kappa shape index (κ3) is 4.55. The summed E-state index contributed by atoms with van der Waals surface area (Å²) in [5, 5.41) is 0. The molecule has 6 rings (SSSR count). The molecule has 2 nitrogen and oxygen atoms in total. The zero-order valence-corrected chi connectivity index (χ0v) is 26.4. The first-order chi connectivity index (χ1) is 18.8. The van der Waals surface area contributed by atoms with Gasteiger partial charge in [0, 0.05) is 0 Å². The predicted octanol–water partition coefficient (Wildman–Crippen LogP) is 10.1. The number of carbonyl (C=O) groups excluding carboxylic acids is 1. The second-order valence-electron chi connectivity index (χ2n) is 16.4. The number of benzene rings is 1. The molecule has 4 saturated carbocycles. The van der Waals surface area contributed by atoms with E-state index in [1.165, 1.54) is 74.5 Å². The smallest absolute Gasteiger partial charge is 0.338 e. The zero-order chi connectivity index (χ0) is 28.6. The van der Waals surface area contributed by atoms with Gasteiger partial charge < -0.3 is 4.74 Å². The van der Waals surface area contributed by atoms with E-state index in [0.29, 0.717) is 11.0 Å². The lowest BCUT2D eigenvalue weighted by Gasteiger charge is -2.63. The lowest BCUT2D eigenvalue weighted by atomic mass is 9.41. The number of ether oxygens (including phenoxy) is 1. The molecule has 0 saturated heterocycles. The molecule has 0 heterocycles. The molecule has 0 N–H and O–H groups in total. The third-order valence-corrected chi connectivity index (χ3v) is 12.9. The molecule has 2 heteroatoms. The normalized spacial score (nSPS) is 40.1. The van der Waals surface area contributed by atoms with Gasteiger partial charge in [-0.05, 0) is 167 Å². The van der Waals surface area contributed by atoms with Crippen LogP contribution in [0, 0.1) is 58.2 Å². The fraction of sp³-hybridized carbons (Fsp3) is 0.711. The van der Waals surface area contributed by atoms with Crippen molar-refractivity contribution in [3.05, 3.63) is 53.6 Å². The van der Waals surface area contributed by atoms with E-state index in [1.54, 1.807) is 0 Å². The van der Waals surface area contributed by atoms with E-state index in [4.69, 9.17) is 4.74 Å². The molecule has 4 unspecified atom stereocenters. The number of hydrogen-bond acceptors (Lipinski definition) is 2. The van der Waals surface area contributed by atoms with E-state index in [1.807, 2.05) is 32.9 Å². The summed E-state index contributed by atoms with van der Waals surface area (Å²) in [6.07, 6.45) is 15.3. The third-order valence-electron chi connectivity index (χ3n) is 12.9. The maximum Gasteiger partial charge on any atom is 0.338 e. The monoisotopic (exact) mass is 542 g/mol. The first-order valence-corrected chi connectivity index (χ1v) is 16.5. The number of rotatable bonds is 3. The molecule has 218 valence electrons. The second-order valence-corrected chi connectivity index (χ2v) is 16.4. The number of allylic oxidation sites excluding steroid dienone is 3. The SMILES string of the molecule is C=C(C)[C@@H]1CCC2CC[C@@]3(C)C4CC[C@@H]5C(CC=C(c6ccc(C(=O)OC(C)(C)C)cc6)C5(C)C)[C@H]4CCC3[C@H]21. The van der Waals surface area contributed by atoms with E-state index in [0.717, 1.165) is 47.3 Å². The number of fused-ring (bicyclic) bond motifs is 7. The zero-order valence-electron chi connectivity index (χ0n) is 26.4. The van der Waals surface area contributed by atoms with Crippen LogP contribution in [-0.2, 0) is 4.74 Å². The fourth-order valence-electron chi connectivity index (χ4n) is 11.3. The number of esters is 1. The molecule has 0 spiro atoms. The molecule has 40 heavy (non-hydrogen) atoms. The summed E-state index contributed by atoms with van der Waals surface area (Å²) in [6.45, 7) is 20.3. The highest BCUT2D eigenvalue weighted by atomic mass is 16.6. The Kier molecular flexibility index (Phi) is 6.99. The lowest BCUT2D eigenvalue weighted by Crippen LogP contribution is -2.56. The molecule has 0 aliphatic heterocycles. The summed E-state index contributed by atoms with van der Waals surface area (Å²) in [4.78, 5) is 12.6. The van der Waals surface area contributed by atoms with Crippen molar-refractivity contribution in [3.8, 4) is 0 Å². The van der Waals surface area contributed by atoms with Crippen LogP contribution in [-0.4, -0.2) is 11.6 Å². The van der Waals surface area contributed by atoms with Crippen molar-refractivity contribution < 1.29 is 9.53 Å². The lowest BCUT2D eigenvalue weighted by molar-refractivity contribution is -0.131. The minimum absolute atomic E-state index is 0.146. The van der Waals surface area contributed by atoms with Crippen molar-refractivity contribution in [2.24, 2.45) is 58.2 Å². The summed E-state index contributed by atoms with van der Waals surface area (Å²) in [5.74, 6) is 6.68. The van der Waals surface area contributed by atoms with Crippen LogP contribution in [0.5, 0.6) is 0 Å². The van der Waals surface area contributed by atoms with E-state index in [-0.39, 0.29) is 11.4 Å². The van der Waals surface area contributed by atoms with Crippen LogP contribution >= 0.6 is 0 Å². The summed E-state index contributed by atoms with van der Waals surface area (Å²) in [5.41, 5.74) is 5.07. The maximum absolute atomic E-state index is 12.6. The largest absolute Gasteiger partial charge is 0.456 e. The quantitative estimate of drug-likeness (QED) is 0.280. The van der Waals surface area contributed by atoms with Crippen LogP contribution < -0.4 is 0 Å². The van der Waals surface area contributed by atoms with Crippen LogP contribution in [0.15, 0.2) is 42.5 Å². The van der Waals surface area contributed by atoms with Crippen LogP contribution in [0.2, 0.25) is 0 Å². The molecular weight excluding hydrogens is 488 g/mol. The Morgan fingerprint density at radius 1 is 0.875 bits per heavy atom. The molecule has 5 aliphatic rings. The molecule has 0 bridgehead atoms. The Labute approximate surface area is 244 Å².